The lowest BCUT2D eigenvalue weighted by Gasteiger charge is -2.17. The summed E-state index contributed by atoms with van der Waals surface area (Å²) < 4.78 is 1.69. The molecular formula is C12H16N4O. The van der Waals surface area contributed by atoms with E-state index in [1.54, 1.807) is 17.8 Å². The number of hydrogen-bond acceptors (Lipinski definition) is 4. The Morgan fingerprint density at radius 3 is 2.65 bits per heavy atom. The lowest BCUT2D eigenvalue weighted by molar-refractivity contribution is -0.119. The number of hydrogen-bond donors (Lipinski definition) is 0. The van der Waals surface area contributed by atoms with Gasteiger partial charge < -0.3 is 0 Å². The minimum absolute atomic E-state index is 0.129. The summed E-state index contributed by atoms with van der Waals surface area (Å²) in [7, 11) is 1.83. The van der Waals surface area contributed by atoms with Crippen LogP contribution < -0.4 is 0 Å². The molecule has 0 spiro atoms. The molecule has 17 heavy (non-hydrogen) atoms. The molecular weight excluding hydrogens is 216 g/mol. The number of fused-ring (bicyclic) bond motifs is 1. The zero-order valence-corrected chi connectivity index (χ0v) is 10.5. The molecule has 0 radical (unpaired) electrons. The Morgan fingerprint density at radius 1 is 1.35 bits per heavy atom. The van der Waals surface area contributed by atoms with Crippen molar-refractivity contribution in [2.75, 3.05) is 0 Å². The summed E-state index contributed by atoms with van der Waals surface area (Å²) in [5.41, 5.74) is 1.55. The molecule has 2 rings (SSSR count). The average molecular weight is 232 g/mol. The smallest absolute Gasteiger partial charge is 0.161 e. The normalized spacial score (nSPS) is 13.2. The first-order chi connectivity index (χ1) is 8.02. The van der Waals surface area contributed by atoms with Gasteiger partial charge in [-0.3, -0.25) is 9.48 Å². The van der Waals surface area contributed by atoms with E-state index in [2.05, 4.69) is 15.1 Å². The maximum absolute atomic E-state index is 11.7. The van der Waals surface area contributed by atoms with Crippen molar-refractivity contribution in [3.05, 3.63) is 18.2 Å². The molecule has 0 bridgehead atoms. The van der Waals surface area contributed by atoms with E-state index in [-0.39, 0.29) is 17.6 Å². The number of carbonyl (C=O) groups excluding carboxylic acids is 1. The standard InChI is InChI=1S/C12H16N4O/c1-7(2)10(8(3)17)11-9-5-15-16(4)12(9)14-6-13-11/h5-7,10H,1-4H3. The fourth-order valence-corrected chi connectivity index (χ4v) is 2.21. The molecule has 2 heterocycles. The molecule has 0 fully saturated rings. The first kappa shape index (κ1) is 11.7. The highest BCUT2D eigenvalue weighted by atomic mass is 16.1. The van der Waals surface area contributed by atoms with Crippen LogP contribution in [0, 0.1) is 5.92 Å². The van der Waals surface area contributed by atoms with Gasteiger partial charge in [0.2, 0.25) is 0 Å². The Balaban J connectivity index is 2.65. The van der Waals surface area contributed by atoms with Crippen LogP contribution >= 0.6 is 0 Å². The van der Waals surface area contributed by atoms with Crippen LogP contribution in [0.3, 0.4) is 0 Å². The number of aryl methyl sites for hydroxylation is 1. The van der Waals surface area contributed by atoms with Crippen LogP contribution in [0.4, 0.5) is 0 Å². The molecule has 0 aliphatic rings. The van der Waals surface area contributed by atoms with Crippen LogP contribution in [0.25, 0.3) is 11.0 Å². The maximum Gasteiger partial charge on any atom is 0.161 e. The number of ketones is 1. The van der Waals surface area contributed by atoms with Crippen molar-refractivity contribution < 1.29 is 4.79 Å². The molecule has 1 unspecified atom stereocenters. The molecule has 0 aliphatic carbocycles. The van der Waals surface area contributed by atoms with Crippen LogP contribution in [0.5, 0.6) is 0 Å². The summed E-state index contributed by atoms with van der Waals surface area (Å²) in [6, 6.07) is 0. The molecule has 0 N–H and O–H groups in total. The second-order valence-corrected chi connectivity index (χ2v) is 4.60. The van der Waals surface area contributed by atoms with Crippen molar-refractivity contribution >= 4 is 16.8 Å². The van der Waals surface area contributed by atoms with Crippen LogP contribution in [0.1, 0.15) is 32.4 Å². The van der Waals surface area contributed by atoms with Gasteiger partial charge >= 0.3 is 0 Å². The summed E-state index contributed by atoms with van der Waals surface area (Å²) in [6.07, 6.45) is 3.22. The van der Waals surface area contributed by atoms with E-state index in [0.29, 0.717) is 0 Å². The van der Waals surface area contributed by atoms with E-state index in [1.165, 1.54) is 6.33 Å². The predicted molar refractivity (Wildman–Crippen MR) is 64.6 cm³/mol. The van der Waals surface area contributed by atoms with Crippen molar-refractivity contribution in [3.63, 3.8) is 0 Å². The second kappa shape index (κ2) is 4.24. The molecule has 0 amide bonds. The van der Waals surface area contributed by atoms with Gasteiger partial charge in [0.25, 0.3) is 0 Å². The molecule has 0 aliphatic heterocycles. The molecule has 90 valence electrons. The Labute approximate surface area is 99.9 Å². The predicted octanol–water partition coefficient (Wildman–Crippen LogP) is 1.69. The summed E-state index contributed by atoms with van der Waals surface area (Å²) in [6.45, 7) is 5.65. The Kier molecular flexibility index (Phi) is 2.92. The number of aromatic nitrogens is 4. The van der Waals surface area contributed by atoms with Crippen LogP contribution in [-0.2, 0) is 11.8 Å². The summed E-state index contributed by atoms with van der Waals surface area (Å²) in [5.74, 6) is 0.152. The highest BCUT2D eigenvalue weighted by Crippen LogP contribution is 2.28. The summed E-state index contributed by atoms with van der Waals surface area (Å²) in [5, 5.41) is 5.03. The summed E-state index contributed by atoms with van der Waals surface area (Å²) in [4.78, 5) is 20.2. The molecule has 1 atom stereocenters. The van der Waals surface area contributed by atoms with E-state index < -0.39 is 0 Å². The van der Waals surface area contributed by atoms with Gasteiger partial charge in [0, 0.05) is 7.05 Å². The van der Waals surface area contributed by atoms with Gasteiger partial charge in [-0.25, -0.2) is 9.97 Å². The van der Waals surface area contributed by atoms with Crippen molar-refractivity contribution in [2.24, 2.45) is 13.0 Å². The van der Waals surface area contributed by atoms with Gasteiger partial charge in [0.15, 0.2) is 5.65 Å². The van der Waals surface area contributed by atoms with Gasteiger partial charge in [-0.2, -0.15) is 5.10 Å². The number of Topliss-reactive ketones (excluding diaryl/α,β-unsaturated/α-hetero) is 1. The molecule has 0 saturated carbocycles. The molecule has 5 nitrogen and oxygen atoms in total. The molecule has 2 aromatic heterocycles. The number of rotatable bonds is 3. The average Bonchev–Trinajstić information content (AvgIpc) is 2.61. The van der Waals surface area contributed by atoms with E-state index in [4.69, 9.17) is 0 Å². The monoisotopic (exact) mass is 232 g/mol. The van der Waals surface area contributed by atoms with Gasteiger partial charge in [-0.1, -0.05) is 13.8 Å². The van der Waals surface area contributed by atoms with Crippen LogP contribution in [0.2, 0.25) is 0 Å². The fourth-order valence-electron chi connectivity index (χ4n) is 2.21. The van der Waals surface area contributed by atoms with Gasteiger partial charge in [0.1, 0.15) is 12.1 Å². The third kappa shape index (κ3) is 1.92. The molecule has 5 heteroatoms. The van der Waals surface area contributed by atoms with Crippen molar-refractivity contribution in [2.45, 2.75) is 26.7 Å². The minimum Gasteiger partial charge on any atom is -0.299 e. The van der Waals surface area contributed by atoms with Crippen molar-refractivity contribution in [1.29, 1.82) is 0 Å². The topological polar surface area (TPSA) is 60.7 Å². The first-order valence-electron chi connectivity index (χ1n) is 5.65. The lowest BCUT2D eigenvalue weighted by atomic mass is 9.88. The second-order valence-electron chi connectivity index (χ2n) is 4.60. The fraction of sp³-hybridized carbons (Fsp3) is 0.500. The van der Waals surface area contributed by atoms with Gasteiger partial charge in [-0.15, -0.1) is 0 Å². The SMILES string of the molecule is CC(=O)C(c1ncnc2c1cnn2C)C(C)C. The van der Waals surface area contributed by atoms with E-state index in [1.807, 2.05) is 20.9 Å². The number of carbonyl (C=O) groups is 1. The quantitative estimate of drug-likeness (QED) is 0.808. The highest BCUT2D eigenvalue weighted by Gasteiger charge is 2.25. The van der Waals surface area contributed by atoms with Gasteiger partial charge in [-0.05, 0) is 12.8 Å². The van der Waals surface area contributed by atoms with Crippen molar-refractivity contribution in [1.82, 2.24) is 19.7 Å². The molecule has 2 aromatic rings. The molecule has 0 saturated heterocycles. The largest absolute Gasteiger partial charge is 0.299 e. The van der Waals surface area contributed by atoms with E-state index in [9.17, 15) is 4.79 Å². The van der Waals surface area contributed by atoms with Crippen LogP contribution in [0.15, 0.2) is 12.5 Å². The Bertz CT molecular complexity index is 559. The zero-order chi connectivity index (χ0) is 12.6. The van der Waals surface area contributed by atoms with Crippen LogP contribution in [-0.4, -0.2) is 25.5 Å². The highest BCUT2D eigenvalue weighted by molar-refractivity contribution is 5.89. The van der Waals surface area contributed by atoms with E-state index in [0.717, 1.165) is 16.7 Å². The third-order valence-electron chi connectivity index (χ3n) is 2.96. The number of nitrogens with zero attached hydrogens (tertiary/aromatic N) is 4. The van der Waals surface area contributed by atoms with Crippen molar-refractivity contribution in [3.8, 4) is 0 Å². The lowest BCUT2D eigenvalue weighted by Crippen LogP contribution is -2.17. The van der Waals surface area contributed by atoms with E-state index >= 15 is 0 Å². The van der Waals surface area contributed by atoms with Gasteiger partial charge in [0.05, 0.1) is 23.2 Å². The zero-order valence-electron chi connectivity index (χ0n) is 10.5. The summed E-state index contributed by atoms with van der Waals surface area (Å²) >= 11 is 0. The first-order valence-corrected chi connectivity index (χ1v) is 5.65. The Hall–Kier alpha value is -1.78. The third-order valence-corrected chi connectivity index (χ3v) is 2.96. The molecule has 0 aromatic carbocycles. The maximum atomic E-state index is 11.7. The Morgan fingerprint density at radius 2 is 2.06 bits per heavy atom. The minimum atomic E-state index is -0.190.